The van der Waals surface area contributed by atoms with Gasteiger partial charge in [0.1, 0.15) is 13.2 Å². The number of hydrogen-bond donors (Lipinski definition) is 0. The first kappa shape index (κ1) is 17.6. The van der Waals surface area contributed by atoms with Crippen molar-refractivity contribution in [2.24, 2.45) is 0 Å². The number of nitrogens with zero attached hydrogens (tertiary/aromatic N) is 4. The molecule has 2 saturated heterocycles. The van der Waals surface area contributed by atoms with E-state index < -0.39 is 0 Å². The van der Waals surface area contributed by atoms with Gasteiger partial charge in [0.05, 0.1) is 37.8 Å². The number of fused-ring (bicyclic) bond motifs is 2. The molecule has 2 atom stereocenters. The molecule has 0 unspecified atom stereocenters. The van der Waals surface area contributed by atoms with Crippen LogP contribution in [-0.2, 0) is 9.47 Å². The Morgan fingerprint density at radius 2 is 1.07 bits per heavy atom. The van der Waals surface area contributed by atoms with Gasteiger partial charge in [0.2, 0.25) is 11.8 Å². The topological polar surface area (TPSA) is 31.4 Å². The number of ether oxygens (including phenoxy) is 2. The lowest BCUT2D eigenvalue weighted by atomic mass is 10.1. The minimum absolute atomic E-state index is 0.307. The molecule has 154 valence electrons. The molecule has 0 radical (unpaired) electrons. The van der Waals surface area contributed by atoms with Gasteiger partial charge in [-0.05, 0) is 11.1 Å². The molecule has 0 saturated carbocycles. The number of hydrogen-bond acceptors (Lipinski definition) is 6. The van der Waals surface area contributed by atoms with Crippen LogP contribution in [0.4, 0.5) is 0 Å². The number of benzene rings is 2. The molecule has 6 heteroatoms. The summed E-state index contributed by atoms with van der Waals surface area (Å²) < 4.78 is 11.9. The molecule has 4 aliphatic heterocycles. The fourth-order valence-corrected chi connectivity index (χ4v) is 4.76. The van der Waals surface area contributed by atoms with Gasteiger partial charge in [0.25, 0.3) is 0 Å². The monoisotopic (exact) mass is 402 g/mol. The average molecular weight is 402 g/mol. The third-order valence-electron chi connectivity index (χ3n) is 6.39. The smallest absolute Gasteiger partial charge is 0.208 e. The predicted molar refractivity (Wildman–Crippen MR) is 113 cm³/mol. The zero-order valence-electron chi connectivity index (χ0n) is 16.9. The van der Waals surface area contributed by atoms with Crippen molar-refractivity contribution in [2.45, 2.75) is 12.1 Å². The molecule has 2 aromatic rings. The third kappa shape index (κ3) is 3.03. The maximum absolute atomic E-state index is 5.96. The molecule has 0 spiro atoms. The predicted octanol–water partition coefficient (Wildman–Crippen LogP) is 3.28. The Hall–Kier alpha value is -3.28. The Morgan fingerprint density at radius 3 is 1.50 bits per heavy atom. The van der Waals surface area contributed by atoms with E-state index in [1.54, 1.807) is 0 Å². The van der Waals surface area contributed by atoms with Crippen LogP contribution in [0.25, 0.3) is 0 Å². The zero-order chi connectivity index (χ0) is 19.9. The summed E-state index contributed by atoms with van der Waals surface area (Å²) in [4.78, 5) is 9.43. The molecule has 2 aromatic carbocycles. The minimum atomic E-state index is 0.307. The molecule has 0 aromatic heterocycles. The second-order valence-electron chi connectivity index (χ2n) is 8.26. The maximum atomic E-state index is 5.96. The van der Waals surface area contributed by atoms with Crippen LogP contribution in [0.15, 0.2) is 84.8 Å². The van der Waals surface area contributed by atoms with Crippen molar-refractivity contribution in [3.8, 4) is 0 Å². The van der Waals surface area contributed by atoms with Gasteiger partial charge in [-0.3, -0.25) is 0 Å². The first-order valence-electron chi connectivity index (χ1n) is 10.7. The van der Waals surface area contributed by atoms with Crippen LogP contribution in [0.5, 0.6) is 0 Å². The Kier molecular flexibility index (Phi) is 4.22. The van der Waals surface area contributed by atoms with Crippen LogP contribution in [0.1, 0.15) is 23.2 Å². The van der Waals surface area contributed by atoms with Crippen molar-refractivity contribution in [1.29, 1.82) is 0 Å². The van der Waals surface area contributed by atoms with E-state index in [2.05, 4.69) is 92.7 Å². The van der Waals surface area contributed by atoms with Crippen LogP contribution in [0, 0.1) is 0 Å². The van der Waals surface area contributed by atoms with Crippen molar-refractivity contribution in [2.75, 3.05) is 39.6 Å². The highest BCUT2D eigenvalue weighted by atomic mass is 16.5. The van der Waals surface area contributed by atoms with Crippen molar-refractivity contribution >= 4 is 0 Å². The lowest BCUT2D eigenvalue weighted by molar-refractivity contribution is 0.189. The van der Waals surface area contributed by atoms with Gasteiger partial charge < -0.3 is 29.1 Å². The molecule has 6 nitrogen and oxygen atoms in total. The Balaban J connectivity index is 1.06. The molecular weight excluding hydrogens is 376 g/mol. The highest BCUT2D eigenvalue weighted by molar-refractivity contribution is 5.24. The summed E-state index contributed by atoms with van der Waals surface area (Å²) in [5, 5.41) is 0. The first-order valence-corrected chi connectivity index (χ1v) is 10.7. The van der Waals surface area contributed by atoms with E-state index in [4.69, 9.17) is 9.47 Å². The summed E-state index contributed by atoms with van der Waals surface area (Å²) in [5.41, 5.74) is 2.63. The minimum Gasteiger partial charge on any atom is -0.475 e. The molecule has 30 heavy (non-hydrogen) atoms. The van der Waals surface area contributed by atoms with Gasteiger partial charge in [-0.2, -0.15) is 0 Å². The fraction of sp³-hybridized carbons (Fsp3) is 0.333. The van der Waals surface area contributed by atoms with Crippen molar-refractivity contribution in [3.05, 3.63) is 96.0 Å². The summed E-state index contributed by atoms with van der Waals surface area (Å²) >= 11 is 0. The van der Waals surface area contributed by atoms with Gasteiger partial charge >= 0.3 is 0 Å². The highest BCUT2D eigenvalue weighted by Gasteiger charge is 2.38. The standard InChI is InChI=1S/C24H26N4O2/c1-3-7-19(8-4-1)21-15-29-23-13-25(17-27(21)23)11-12-26-14-24-28(18-26)22(16-30-24)20-9-5-2-6-10-20/h1-10,13-14,21-22H,11-12,15-18H2/t21-,22-/m1/s1. The maximum Gasteiger partial charge on any atom is 0.208 e. The van der Waals surface area contributed by atoms with E-state index >= 15 is 0 Å². The van der Waals surface area contributed by atoms with Crippen LogP contribution < -0.4 is 0 Å². The van der Waals surface area contributed by atoms with Crippen molar-refractivity contribution in [1.82, 2.24) is 19.6 Å². The SMILES string of the molecule is C1=C2OC[C@H](c3ccccc3)N2CN1CCN1C=C2OC[C@H](c3ccccc3)N2C1. The third-order valence-corrected chi connectivity index (χ3v) is 6.39. The number of rotatable bonds is 5. The van der Waals surface area contributed by atoms with E-state index in [1.807, 2.05) is 0 Å². The Labute approximate surface area is 177 Å². The summed E-state index contributed by atoms with van der Waals surface area (Å²) in [6, 6.07) is 21.9. The van der Waals surface area contributed by atoms with Gasteiger partial charge in [-0.15, -0.1) is 0 Å². The Morgan fingerprint density at radius 1 is 0.633 bits per heavy atom. The van der Waals surface area contributed by atoms with E-state index in [-0.39, 0.29) is 0 Å². The largest absolute Gasteiger partial charge is 0.475 e. The first-order chi connectivity index (χ1) is 14.8. The molecule has 4 aliphatic rings. The van der Waals surface area contributed by atoms with Crippen LogP contribution in [0.3, 0.4) is 0 Å². The van der Waals surface area contributed by atoms with Crippen molar-refractivity contribution < 1.29 is 9.47 Å². The molecule has 4 heterocycles. The van der Waals surface area contributed by atoms with Gasteiger partial charge in [0, 0.05) is 13.1 Å². The summed E-state index contributed by atoms with van der Waals surface area (Å²) in [7, 11) is 0. The second kappa shape index (κ2) is 7.20. The van der Waals surface area contributed by atoms with Gasteiger partial charge in [-0.25, -0.2) is 0 Å². The van der Waals surface area contributed by atoms with Gasteiger partial charge in [-0.1, -0.05) is 60.7 Å². The summed E-state index contributed by atoms with van der Waals surface area (Å²) in [6.07, 6.45) is 4.33. The molecule has 2 fully saturated rings. The lowest BCUT2D eigenvalue weighted by Crippen LogP contribution is -2.35. The Bertz CT molecular complexity index is 882. The molecule has 6 rings (SSSR count). The zero-order valence-corrected chi connectivity index (χ0v) is 16.9. The quantitative estimate of drug-likeness (QED) is 0.763. The average Bonchev–Trinajstić information content (AvgIpc) is 3.53. The molecule has 0 amide bonds. The van der Waals surface area contributed by atoms with E-state index in [0.717, 1.165) is 51.4 Å². The van der Waals surface area contributed by atoms with Crippen LogP contribution in [-0.4, -0.2) is 59.2 Å². The summed E-state index contributed by atoms with van der Waals surface area (Å²) in [5.74, 6) is 1.99. The molecular formula is C24H26N4O2. The highest BCUT2D eigenvalue weighted by Crippen LogP contribution is 2.37. The van der Waals surface area contributed by atoms with Gasteiger partial charge in [0.15, 0.2) is 0 Å². The lowest BCUT2D eigenvalue weighted by Gasteiger charge is -2.27. The van der Waals surface area contributed by atoms with E-state index in [1.165, 1.54) is 11.1 Å². The normalized spacial score (nSPS) is 24.4. The van der Waals surface area contributed by atoms with E-state index in [9.17, 15) is 0 Å². The van der Waals surface area contributed by atoms with Crippen molar-refractivity contribution in [3.63, 3.8) is 0 Å². The summed E-state index contributed by atoms with van der Waals surface area (Å²) in [6.45, 7) is 5.14. The van der Waals surface area contributed by atoms with Crippen LogP contribution in [0.2, 0.25) is 0 Å². The molecule has 0 bridgehead atoms. The molecule has 0 N–H and O–H groups in total. The second-order valence-corrected chi connectivity index (χ2v) is 8.26. The fourth-order valence-electron chi connectivity index (χ4n) is 4.76. The van der Waals surface area contributed by atoms with E-state index in [0.29, 0.717) is 12.1 Å². The molecule has 0 aliphatic carbocycles. The van der Waals surface area contributed by atoms with Crippen LogP contribution >= 0.6 is 0 Å².